The zero-order valence-electron chi connectivity index (χ0n) is 12.5. The molecule has 0 amide bonds. The molecule has 0 heterocycles. The first-order chi connectivity index (χ1) is 10.6. The van der Waals surface area contributed by atoms with E-state index in [9.17, 15) is 5.26 Å². The van der Waals surface area contributed by atoms with Crippen LogP contribution in [-0.4, -0.2) is 21.3 Å². The van der Waals surface area contributed by atoms with Crippen molar-refractivity contribution in [1.29, 1.82) is 5.26 Å². The van der Waals surface area contributed by atoms with E-state index >= 15 is 0 Å². The van der Waals surface area contributed by atoms with Crippen molar-refractivity contribution in [3.05, 3.63) is 35.9 Å². The summed E-state index contributed by atoms with van der Waals surface area (Å²) in [5, 5.41) is 9.25. The molecule has 0 unspecified atom stereocenters. The van der Waals surface area contributed by atoms with E-state index in [0.717, 1.165) is 9.79 Å². The second-order valence-electron chi connectivity index (χ2n) is 4.30. The number of nitrogens with zero attached hydrogens (tertiary/aromatic N) is 1. The molecule has 6 heteroatoms. The van der Waals surface area contributed by atoms with Gasteiger partial charge in [-0.25, -0.2) is 0 Å². The molecule has 0 aliphatic heterocycles. The lowest BCUT2D eigenvalue weighted by Gasteiger charge is -2.14. The third-order valence-corrected chi connectivity index (χ3v) is 4.07. The number of nitrogens with two attached hydrogens (primary N) is 1. The number of nitrogen functional groups attached to an aromatic ring is 1. The van der Waals surface area contributed by atoms with Gasteiger partial charge in [-0.1, -0.05) is 17.8 Å². The number of benzene rings is 2. The summed E-state index contributed by atoms with van der Waals surface area (Å²) in [5.74, 6) is 1.65. The van der Waals surface area contributed by atoms with Crippen molar-refractivity contribution >= 4 is 17.4 Å². The highest BCUT2D eigenvalue weighted by Crippen LogP contribution is 2.43. The highest BCUT2D eigenvalue weighted by molar-refractivity contribution is 7.99. The Labute approximate surface area is 133 Å². The first-order valence-electron chi connectivity index (χ1n) is 6.41. The van der Waals surface area contributed by atoms with Crippen LogP contribution >= 0.6 is 11.8 Å². The molecule has 0 saturated carbocycles. The van der Waals surface area contributed by atoms with Gasteiger partial charge in [0.25, 0.3) is 0 Å². The Kier molecular flexibility index (Phi) is 5.02. The normalized spacial score (nSPS) is 9.91. The zero-order valence-corrected chi connectivity index (χ0v) is 13.4. The molecule has 114 valence electrons. The third kappa shape index (κ3) is 3.05. The second-order valence-corrected chi connectivity index (χ2v) is 5.41. The topological polar surface area (TPSA) is 77.5 Å². The van der Waals surface area contributed by atoms with Crippen LogP contribution in [0.5, 0.6) is 17.2 Å². The molecule has 0 saturated heterocycles. The predicted molar refractivity (Wildman–Crippen MR) is 85.8 cm³/mol. The summed E-state index contributed by atoms with van der Waals surface area (Å²) in [7, 11) is 4.68. The van der Waals surface area contributed by atoms with Gasteiger partial charge in [0.1, 0.15) is 6.07 Å². The molecule has 0 aliphatic rings. The molecule has 0 aromatic heterocycles. The molecule has 2 aromatic carbocycles. The fourth-order valence-corrected chi connectivity index (χ4v) is 2.99. The fraction of sp³-hybridized carbons (Fsp3) is 0.188. The van der Waals surface area contributed by atoms with Crippen LogP contribution in [0.2, 0.25) is 0 Å². The van der Waals surface area contributed by atoms with E-state index in [0.29, 0.717) is 28.5 Å². The quantitative estimate of drug-likeness (QED) is 0.853. The fourth-order valence-electron chi connectivity index (χ4n) is 2.00. The van der Waals surface area contributed by atoms with Crippen LogP contribution in [-0.2, 0) is 0 Å². The van der Waals surface area contributed by atoms with Gasteiger partial charge in [-0.05, 0) is 24.3 Å². The van der Waals surface area contributed by atoms with Gasteiger partial charge in [-0.15, -0.1) is 0 Å². The van der Waals surface area contributed by atoms with E-state index < -0.39 is 0 Å². The molecule has 22 heavy (non-hydrogen) atoms. The minimum absolute atomic E-state index is 0.458. The Bertz CT molecular complexity index is 701. The van der Waals surface area contributed by atoms with Gasteiger partial charge >= 0.3 is 0 Å². The third-order valence-electron chi connectivity index (χ3n) is 3.04. The smallest absolute Gasteiger partial charge is 0.203 e. The van der Waals surface area contributed by atoms with Crippen LogP contribution < -0.4 is 19.9 Å². The number of nitriles is 1. The second kappa shape index (κ2) is 6.96. The SMILES string of the molecule is COc1cc(Sc2cccc(N)c2C#N)cc(OC)c1OC. The monoisotopic (exact) mass is 316 g/mol. The molecule has 0 spiro atoms. The number of hydrogen-bond acceptors (Lipinski definition) is 6. The minimum atomic E-state index is 0.458. The van der Waals surface area contributed by atoms with Gasteiger partial charge in [0.2, 0.25) is 5.75 Å². The Morgan fingerprint density at radius 1 is 1.05 bits per heavy atom. The maximum Gasteiger partial charge on any atom is 0.203 e. The first-order valence-corrected chi connectivity index (χ1v) is 7.22. The van der Waals surface area contributed by atoms with E-state index in [2.05, 4.69) is 6.07 Å². The lowest BCUT2D eigenvalue weighted by molar-refractivity contribution is 0.323. The van der Waals surface area contributed by atoms with Crippen LogP contribution in [0.3, 0.4) is 0 Å². The number of anilines is 1. The molecule has 2 aromatic rings. The standard InChI is InChI=1S/C16H16N2O3S/c1-19-13-7-10(8-14(20-2)16(13)21-3)22-15-6-4-5-12(18)11(15)9-17/h4-8H,18H2,1-3H3. The van der Waals surface area contributed by atoms with E-state index in [1.165, 1.54) is 11.8 Å². The summed E-state index contributed by atoms with van der Waals surface area (Å²) >= 11 is 1.41. The van der Waals surface area contributed by atoms with Gasteiger partial charge < -0.3 is 19.9 Å². The van der Waals surface area contributed by atoms with Crippen LogP contribution in [0, 0.1) is 11.3 Å². The Morgan fingerprint density at radius 3 is 2.18 bits per heavy atom. The molecule has 0 bridgehead atoms. The number of rotatable bonds is 5. The maximum absolute atomic E-state index is 9.25. The van der Waals surface area contributed by atoms with Crippen LogP contribution in [0.15, 0.2) is 40.1 Å². The van der Waals surface area contributed by atoms with Gasteiger partial charge in [-0.2, -0.15) is 5.26 Å². The van der Waals surface area contributed by atoms with Crippen molar-refractivity contribution in [2.45, 2.75) is 9.79 Å². The Balaban J connectivity index is 2.47. The summed E-state index contributed by atoms with van der Waals surface area (Å²) in [6, 6.07) is 11.2. The molecule has 5 nitrogen and oxygen atoms in total. The van der Waals surface area contributed by atoms with Crippen molar-refractivity contribution in [3.63, 3.8) is 0 Å². The lowest BCUT2D eigenvalue weighted by Crippen LogP contribution is -1.96. The molecular formula is C16H16N2O3S. The zero-order chi connectivity index (χ0) is 16.1. The summed E-state index contributed by atoms with van der Waals surface area (Å²) < 4.78 is 16.0. The number of hydrogen-bond donors (Lipinski definition) is 1. The van der Waals surface area contributed by atoms with Gasteiger partial charge in [0.05, 0.1) is 32.6 Å². The summed E-state index contributed by atoms with van der Waals surface area (Å²) in [5.41, 5.74) is 6.76. The van der Waals surface area contributed by atoms with Crippen molar-refractivity contribution < 1.29 is 14.2 Å². The molecule has 0 atom stereocenters. The Hall–Kier alpha value is -2.52. The van der Waals surface area contributed by atoms with Crippen LogP contribution in [0.1, 0.15) is 5.56 Å². The van der Waals surface area contributed by atoms with E-state index in [-0.39, 0.29) is 0 Å². The average molecular weight is 316 g/mol. The Morgan fingerprint density at radius 2 is 1.68 bits per heavy atom. The van der Waals surface area contributed by atoms with E-state index in [4.69, 9.17) is 19.9 Å². The van der Waals surface area contributed by atoms with Crippen LogP contribution in [0.25, 0.3) is 0 Å². The number of ether oxygens (including phenoxy) is 3. The molecule has 2 N–H and O–H groups in total. The lowest BCUT2D eigenvalue weighted by atomic mass is 10.2. The first kappa shape index (κ1) is 15.9. The molecule has 0 fully saturated rings. The van der Waals surface area contributed by atoms with Gasteiger partial charge in [-0.3, -0.25) is 0 Å². The largest absolute Gasteiger partial charge is 0.493 e. The molecule has 2 rings (SSSR count). The van der Waals surface area contributed by atoms with Crippen molar-refractivity contribution in [3.8, 4) is 23.3 Å². The summed E-state index contributed by atoms with van der Waals surface area (Å²) in [6.45, 7) is 0. The number of methoxy groups -OCH3 is 3. The van der Waals surface area contributed by atoms with Gasteiger partial charge in [0.15, 0.2) is 11.5 Å². The highest BCUT2D eigenvalue weighted by atomic mass is 32.2. The summed E-state index contributed by atoms with van der Waals surface area (Å²) in [6.07, 6.45) is 0. The summed E-state index contributed by atoms with van der Waals surface area (Å²) in [4.78, 5) is 1.63. The van der Waals surface area contributed by atoms with Crippen molar-refractivity contribution in [1.82, 2.24) is 0 Å². The van der Waals surface area contributed by atoms with E-state index in [1.807, 2.05) is 24.3 Å². The minimum Gasteiger partial charge on any atom is -0.493 e. The highest BCUT2D eigenvalue weighted by Gasteiger charge is 2.15. The van der Waals surface area contributed by atoms with Crippen molar-refractivity contribution in [2.24, 2.45) is 0 Å². The van der Waals surface area contributed by atoms with Crippen LogP contribution in [0.4, 0.5) is 5.69 Å². The van der Waals surface area contributed by atoms with Gasteiger partial charge in [0, 0.05) is 9.79 Å². The maximum atomic E-state index is 9.25. The van der Waals surface area contributed by atoms with E-state index in [1.54, 1.807) is 27.4 Å². The predicted octanol–water partition coefficient (Wildman–Crippen LogP) is 3.32. The van der Waals surface area contributed by atoms with Crippen molar-refractivity contribution in [2.75, 3.05) is 27.1 Å². The molecule has 0 radical (unpaired) electrons. The molecule has 0 aliphatic carbocycles. The molecular weight excluding hydrogens is 300 g/mol. The average Bonchev–Trinajstić information content (AvgIpc) is 2.54.